The molecule has 0 saturated carbocycles. The van der Waals surface area contributed by atoms with E-state index in [4.69, 9.17) is 14.7 Å². The lowest BCUT2D eigenvalue weighted by atomic mass is 10.1. The van der Waals surface area contributed by atoms with E-state index in [0.29, 0.717) is 39.7 Å². The molecule has 4 aromatic rings. The Bertz CT molecular complexity index is 1570. The number of nitrogens with zero attached hydrogens (tertiary/aromatic N) is 5. The summed E-state index contributed by atoms with van der Waals surface area (Å²) < 4.78 is 42.0. The molecular weight excluding hydrogens is 508 g/mol. The summed E-state index contributed by atoms with van der Waals surface area (Å²) in [4.78, 5) is 4.23. The third-order valence-electron chi connectivity index (χ3n) is 5.97. The van der Waals surface area contributed by atoms with Gasteiger partial charge in [-0.15, -0.1) is 10.2 Å². The van der Waals surface area contributed by atoms with Gasteiger partial charge in [0, 0.05) is 18.0 Å². The SMILES string of the molecule is COc1cccc(OC)c1-n1c(NS(=O)(=O)C(C)[C@@H](O)c2ccc(C#N)cc2)nnc1-c1cncc(C)c1. The van der Waals surface area contributed by atoms with Crippen LogP contribution in [0.15, 0.2) is 60.9 Å². The summed E-state index contributed by atoms with van der Waals surface area (Å²) >= 11 is 0. The van der Waals surface area contributed by atoms with Crippen LogP contribution in [0.5, 0.6) is 11.5 Å². The number of nitriles is 1. The van der Waals surface area contributed by atoms with Crippen LogP contribution in [0.25, 0.3) is 17.1 Å². The highest BCUT2D eigenvalue weighted by atomic mass is 32.2. The van der Waals surface area contributed by atoms with Crippen molar-refractivity contribution in [2.75, 3.05) is 18.9 Å². The number of hydrogen-bond donors (Lipinski definition) is 2. The summed E-state index contributed by atoms with van der Waals surface area (Å²) in [7, 11) is -1.24. The van der Waals surface area contributed by atoms with Crippen LogP contribution in [0.4, 0.5) is 5.95 Å². The highest BCUT2D eigenvalue weighted by molar-refractivity contribution is 7.93. The van der Waals surface area contributed by atoms with Crippen molar-refractivity contribution in [2.24, 2.45) is 0 Å². The van der Waals surface area contributed by atoms with Gasteiger partial charge in [-0.2, -0.15) is 5.26 Å². The number of aryl methyl sites for hydroxylation is 1. The molecule has 2 atom stereocenters. The second kappa shape index (κ2) is 10.9. The number of aliphatic hydroxyl groups is 1. The number of ether oxygens (including phenoxy) is 2. The molecule has 2 aromatic heterocycles. The van der Waals surface area contributed by atoms with Crippen LogP contribution in [-0.2, 0) is 10.0 Å². The maximum Gasteiger partial charge on any atom is 0.243 e. The molecule has 2 aromatic carbocycles. The predicted molar refractivity (Wildman–Crippen MR) is 141 cm³/mol. The van der Waals surface area contributed by atoms with Gasteiger partial charge >= 0.3 is 0 Å². The molecule has 0 aliphatic carbocycles. The maximum atomic E-state index is 13.5. The van der Waals surface area contributed by atoms with Crippen LogP contribution < -0.4 is 14.2 Å². The number of pyridine rings is 1. The molecule has 0 spiro atoms. The number of rotatable bonds is 9. The van der Waals surface area contributed by atoms with Crippen LogP contribution in [-0.4, -0.2) is 52.7 Å². The number of aliphatic hydroxyl groups excluding tert-OH is 1. The molecule has 1 unspecified atom stereocenters. The van der Waals surface area contributed by atoms with Crippen LogP contribution >= 0.6 is 0 Å². The van der Waals surface area contributed by atoms with Gasteiger partial charge in [-0.05, 0) is 55.3 Å². The van der Waals surface area contributed by atoms with E-state index >= 15 is 0 Å². The number of hydrogen-bond acceptors (Lipinski definition) is 9. The minimum absolute atomic E-state index is 0.136. The Morgan fingerprint density at radius 2 is 1.71 bits per heavy atom. The molecule has 38 heavy (non-hydrogen) atoms. The number of nitrogens with one attached hydrogen (secondary N) is 1. The predicted octanol–water partition coefficient (Wildman–Crippen LogP) is 3.39. The zero-order valence-corrected chi connectivity index (χ0v) is 22.0. The number of aromatic nitrogens is 4. The van der Waals surface area contributed by atoms with Gasteiger partial charge in [0.05, 0.1) is 32.0 Å². The van der Waals surface area contributed by atoms with Crippen molar-refractivity contribution in [3.63, 3.8) is 0 Å². The molecule has 4 rings (SSSR count). The number of anilines is 1. The van der Waals surface area contributed by atoms with Crippen molar-refractivity contribution < 1.29 is 23.0 Å². The lowest BCUT2D eigenvalue weighted by Gasteiger charge is -2.21. The Morgan fingerprint density at radius 1 is 1.05 bits per heavy atom. The fourth-order valence-electron chi connectivity index (χ4n) is 3.89. The van der Waals surface area contributed by atoms with E-state index in [1.165, 1.54) is 50.0 Å². The highest BCUT2D eigenvalue weighted by Gasteiger charge is 2.32. The Labute approximate surface area is 220 Å². The molecule has 2 heterocycles. The van der Waals surface area contributed by atoms with Gasteiger partial charge in [-0.3, -0.25) is 14.3 Å². The minimum atomic E-state index is -4.21. The summed E-state index contributed by atoms with van der Waals surface area (Å²) in [5.74, 6) is 0.930. The van der Waals surface area contributed by atoms with Gasteiger partial charge in [-0.1, -0.05) is 18.2 Å². The average Bonchev–Trinajstić information content (AvgIpc) is 3.33. The number of para-hydroxylation sites is 1. The molecule has 0 saturated heterocycles. The highest BCUT2D eigenvalue weighted by Crippen LogP contribution is 2.38. The summed E-state index contributed by atoms with van der Waals surface area (Å²) in [5.41, 5.74) is 2.57. The molecule has 2 N–H and O–H groups in total. The minimum Gasteiger partial charge on any atom is -0.494 e. The van der Waals surface area contributed by atoms with Crippen molar-refractivity contribution in [2.45, 2.75) is 25.2 Å². The fraction of sp³-hybridized carbons (Fsp3) is 0.231. The van der Waals surface area contributed by atoms with Gasteiger partial charge in [-0.25, -0.2) is 8.42 Å². The van der Waals surface area contributed by atoms with E-state index in [-0.39, 0.29) is 5.95 Å². The largest absolute Gasteiger partial charge is 0.494 e. The van der Waals surface area contributed by atoms with E-state index in [9.17, 15) is 13.5 Å². The van der Waals surface area contributed by atoms with Gasteiger partial charge < -0.3 is 14.6 Å². The van der Waals surface area contributed by atoms with Crippen LogP contribution in [0.2, 0.25) is 0 Å². The first-order valence-electron chi connectivity index (χ1n) is 11.5. The quantitative estimate of drug-likeness (QED) is 0.329. The third-order valence-corrected chi connectivity index (χ3v) is 7.67. The summed E-state index contributed by atoms with van der Waals surface area (Å²) in [6.07, 6.45) is 1.90. The molecule has 0 aliphatic rings. The first-order chi connectivity index (χ1) is 18.2. The molecule has 12 heteroatoms. The standard InChI is InChI=1S/C26H26N6O5S/c1-16-12-20(15-28-14-16)25-29-30-26(32(25)23-21(36-3)6-5-7-22(23)37-4)31-38(34,35)17(2)24(33)19-10-8-18(13-27)9-11-19/h5-12,14-15,17,24,33H,1-4H3,(H,30,31)/t17?,24-/m1/s1. The summed E-state index contributed by atoms with van der Waals surface area (Å²) in [5, 5.41) is 27.0. The summed E-state index contributed by atoms with van der Waals surface area (Å²) in [6, 6.07) is 15.0. The molecule has 0 bridgehead atoms. The third kappa shape index (κ3) is 5.15. The molecule has 0 aliphatic heterocycles. The lowest BCUT2D eigenvalue weighted by molar-refractivity contribution is 0.176. The first kappa shape index (κ1) is 26.6. The van der Waals surface area contributed by atoms with E-state index in [0.717, 1.165) is 5.56 Å². The van der Waals surface area contributed by atoms with E-state index < -0.39 is 21.4 Å². The smallest absolute Gasteiger partial charge is 0.243 e. The van der Waals surface area contributed by atoms with Crippen LogP contribution in [0.3, 0.4) is 0 Å². The monoisotopic (exact) mass is 534 g/mol. The zero-order chi connectivity index (χ0) is 27.4. The summed E-state index contributed by atoms with van der Waals surface area (Å²) in [6.45, 7) is 3.25. The molecule has 0 amide bonds. The van der Waals surface area contributed by atoms with Gasteiger partial charge in [0.1, 0.15) is 22.4 Å². The lowest BCUT2D eigenvalue weighted by Crippen LogP contribution is -2.31. The van der Waals surface area contributed by atoms with Gasteiger partial charge in [0.2, 0.25) is 16.0 Å². The first-order valence-corrected chi connectivity index (χ1v) is 13.0. The van der Waals surface area contributed by atoms with Crippen molar-refractivity contribution in [1.29, 1.82) is 5.26 Å². The van der Waals surface area contributed by atoms with Crippen molar-refractivity contribution >= 4 is 16.0 Å². The Morgan fingerprint density at radius 3 is 2.29 bits per heavy atom. The normalized spacial score (nSPS) is 12.8. The molecular formula is C26H26N6O5S. The van der Waals surface area contributed by atoms with Crippen molar-refractivity contribution in [1.82, 2.24) is 19.7 Å². The zero-order valence-electron chi connectivity index (χ0n) is 21.2. The Balaban J connectivity index is 1.82. The molecule has 196 valence electrons. The van der Waals surface area contributed by atoms with Crippen LogP contribution in [0, 0.1) is 18.3 Å². The van der Waals surface area contributed by atoms with Crippen molar-refractivity contribution in [3.05, 3.63) is 77.6 Å². The maximum absolute atomic E-state index is 13.5. The number of benzene rings is 2. The topological polar surface area (TPSA) is 152 Å². The molecule has 0 fully saturated rings. The van der Waals surface area contributed by atoms with E-state index in [2.05, 4.69) is 19.9 Å². The molecule has 0 radical (unpaired) electrons. The Kier molecular flexibility index (Phi) is 7.61. The molecule has 11 nitrogen and oxygen atoms in total. The number of sulfonamides is 1. The van der Waals surface area contributed by atoms with Gasteiger partial charge in [0.15, 0.2) is 5.82 Å². The van der Waals surface area contributed by atoms with E-state index in [1.54, 1.807) is 30.6 Å². The Hall–Kier alpha value is -4.47. The number of methoxy groups -OCH3 is 2. The van der Waals surface area contributed by atoms with Crippen molar-refractivity contribution in [3.8, 4) is 34.6 Å². The van der Waals surface area contributed by atoms with Gasteiger partial charge in [0.25, 0.3) is 0 Å². The second-order valence-electron chi connectivity index (χ2n) is 8.48. The second-order valence-corrected chi connectivity index (χ2v) is 10.5. The van der Waals surface area contributed by atoms with E-state index in [1.807, 2.05) is 19.1 Å². The average molecular weight is 535 g/mol. The van der Waals surface area contributed by atoms with Crippen LogP contribution in [0.1, 0.15) is 29.7 Å². The fourth-order valence-corrected chi connectivity index (χ4v) is 4.96.